The molecule has 2 aliphatic rings. The Morgan fingerprint density at radius 1 is 0.705 bits per heavy atom. The van der Waals surface area contributed by atoms with Crippen LogP contribution < -0.4 is 10.2 Å². The second-order valence-corrected chi connectivity index (χ2v) is 12.1. The van der Waals surface area contributed by atoms with Crippen LogP contribution in [0.15, 0.2) is 32.5 Å². The van der Waals surface area contributed by atoms with Crippen molar-refractivity contribution < 1.29 is 33.9 Å². The van der Waals surface area contributed by atoms with E-state index in [1.54, 1.807) is 0 Å². The summed E-state index contributed by atoms with van der Waals surface area (Å²) in [5.74, 6) is -0.277. The second kappa shape index (κ2) is 13.6. The van der Waals surface area contributed by atoms with Gasteiger partial charge in [0.05, 0.1) is 50.1 Å². The molecule has 2 aromatic carbocycles. The molecule has 0 radical (unpaired) electrons. The summed E-state index contributed by atoms with van der Waals surface area (Å²) in [6.45, 7) is 13.2. The highest BCUT2D eigenvalue weighted by Crippen LogP contribution is 2.46. The second-order valence-electron chi connectivity index (χ2n) is 12.1. The van der Waals surface area contributed by atoms with Crippen molar-refractivity contribution in [3.63, 3.8) is 0 Å². The molecule has 2 aliphatic heterocycles. The van der Waals surface area contributed by atoms with E-state index >= 15 is 0 Å². The maximum atomic E-state index is 14.7. The first-order valence-electron chi connectivity index (χ1n) is 15.3. The molecule has 0 atom stereocenters. The van der Waals surface area contributed by atoms with Gasteiger partial charge in [0, 0.05) is 50.4 Å². The van der Waals surface area contributed by atoms with Gasteiger partial charge in [0.25, 0.3) is 0 Å². The van der Waals surface area contributed by atoms with Gasteiger partial charge in [-0.25, -0.2) is 0 Å². The number of fused-ring (bicyclic) bond motifs is 2. The zero-order valence-corrected chi connectivity index (χ0v) is 26.4. The molecule has 10 heteroatoms. The van der Waals surface area contributed by atoms with Crippen LogP contribution in [0.2, 0.25) is 0 Å². The van der Waals surface area contributed by atoms with E-state index in [1.165, 1.54) is 7.11 Å². The lowest BCUT2D eigenvalue weighted by Gasteiger charge is -2.28. The molecule has 3 heterocycles. The fourth-order valence-corrected chi connectivity index (χ4v) is 5.98. The summed E-state index contributed by atoms with van der Waals surface area (Å²) in [5.41, 5.74) is 3.56. The minimum absolute atomic E-state index is 0.0132. The number of phenolic OH excluding ortho intramolecular Hbond substituents is 3. The van der Waals surface area contributed by atoms with Crippen LogP contribution in [0.25, 0.3) is 21.9 Å². The van der Waals surface area contributed by atoms with Crippen LogP contribution >= 0.6 is 0 Å². The van der Waals surface area contributed by atoms with E-state index < -0.39 is 5.43 Å². The van der Waals surface area contributed by atoms with Crippen molar-refractivity contribution in [2.24, 2.45) is 0 Å². The van der Waals surface area contributed by atoms with Crippen LogP contribution in [-0.2, 0) is 35.4 Å². The van der Waals surface area contributed by atoms with E-state index in [0.717, 1.165) is 11.1 Å². The Morgan fingerprint density at radius 3 is 1.68 bits per heavy atom. The molecule has 0 unspecified atom stereocenters. The van der Waals surface area contributed by atoms with Crippen LogP contribution in [0, 0.1) is 0 Å². The van der Waals surface area contributed by atoms with Crippen molar-refractivity contribution >= 4 is 21.9 Å². The number of hydrogen-bond donors (Lipinski definition) is 3. The molecule has 10 nitrogen and oxygen atoms in total. The quantitative estimate of drug-likeness (QED) is 0.231. The lowest BCUT2D eigenvalue weighted by Crippen LogP contribution is -2.36. The van der Waals surface area contributed by atoms with Crippen molar-refractivity contribution in [1.29, 1.82) is 0 Å². The van der Waals surface area contributed by atoms with Gasteiger partial charge in [-0.15, -0.1) is 0 Å². The zero-order valence-electron chi connectivity index (χ0n) is 26.4. The summed E-state index contributed by atoms with van der Waals surface area (Å²) >= 11 is 0. The Hall–Kier alpha value is -3.57. The number of hydrogen-bond acceptors (Lipinski definition) is 10. The molecule has 5 rings (SSSR count). The highest BCUT2D eigenvalue weighted by molar-refractivity contribution is 6.00. The standard InChI is InChI=1S/C34H44N2O8/c1-20(2)6-8-22-26-31(40)27-29(38)23(9-7-21(3)4)28(37)24(18-35-10-14-42-15-11-35)33(27)44-32(26)25(30(39)34(22)41-5)19-36-12-16-43-17-13-36/h6-7,37-39H,8-19H2,1-5H3. The predicted molar refractivity (Wildman–Crippen MR) is 170 cm³/mol. The number of phenols is 3. The fraction of sp³-hybridized carbons (Fsp3) is 0.500. The molecule has 0 bridgehead atoms. The summed E-state index contributed by atoms with van der Waals surface area (Å²) in [7, 11) is 1.47. The van der Waals surface area contributed by atoms with Gasteiger partial charge in [-0.3, -0.25) is 14.6 Å². The molecule has 3 aromatic rings. The topological polar surface area (TPSA) is 125 Å². The number of aromatic hydroxyl groups is 3. The fourth-order valence-electron chi connectivity index (χ4n) is 5.98. The maximum absolute atomic E-state index is 14.7. The molecule has 1 aromatic heterocycles. The van der Waals surface area contributed by atoms with E-state index in [-0.39, 0.29) is 56.9 Å². The van der Waals surface area contributed by atoms with E-state index in [9.17, 15) is 20.1 Å². The van der Waals surface area contributed by atoms with Crippen LogP contribution in [0.1, 0.15) is 49.9 Å². The van der Waals surface area contributed by atoms with Gasteiger partial charge in [-0.2, -0.15) is 0 Å². The van der Waals surface area contributed by atoms with Gasteiger partial charge in [0.15, 0.2) is 17.1 Å². The van der Waals surface area contributed by atoms with Crippen LogP contribution in [0.4, 0.5) is 0 Å². The molecule has 0 amide bonds. The van der Waals surface area contributed by atoms with Crippen molar-refractivity contribution in [3.05, 3.63) is 55.8 Å². The monoisotopic (exact) mass is 608 g/mol. The normalized spacial score (nSPS) is 16.4. The minimum Gasteiger partial charge on any atom is -0.507 e. The molecule has 44 heavy (non-hydrogen) atoms. The number of nitrogens with zero attached hydrogens (tertiary/aromatic N) is 2. The van der Waals surface area contributed by atoms with Crippen LogP contribution in [0.5, 0.6) is 23.0 Å². The number of morpholine rings is 2. The smallest absolute Gasteiger partial charge is 0.204 e. The largest absolute Gasteiger partial charge is 0.507 e. The molecule has 3 N–H and O–H groups in total. The zero-order chi connectivity index (χ0) is 31.5. The Bertz CT molecular complexity index is 1650. The highest BCUT2D eigenvalue weighted by atomic mass is 16.5. The molecule has 2 fully saturated rings. The first-order valence-corrected chi connectivity index (χ1v) is 15.3. The van der Waals surface area contributed by atoms with Gasteiger partial charge in [0.1, 0.15) is 22.5 Å². The average molecular weight is 609 g/mol. The Labute approximate surface area is 257 Å². The molecular weight excluding hydrogens is 564 g/mol. The summed E-state index contributed by atoms with van der Waals surface area (Å²) in [6.07, 6.45) is 4.43. The Balaban J connectivity index is 1.88. The number of methoxy groups -OCH3 is 1. The van der Waals surface area contributed by atoms with Crippen molar-refractivity contribution in [2.45, 2.75) is 53.6 Å². The van der Waals surface area contributed by atoms with Crippen LogP contribution in [-0.4, -0.2) is 84.8 Å². The number of ether oxygens (including phenoxy) is 3. The predicted octanol–water partition coefficient (Wildman–Crippen LogP) is 4.75. The summed E-state index contributed by atoms with van der Waals surface area (Å²) in [4.78, 5) is 19.0. The molecule has 238 valence electrons. The maximum Gasteiger partial charge on any atom is 0.204 e. The van der Waals surface area contributed by atoms with E-state index in [2.05, 4.69) is 9.80 Å². The summed E-state index contributed by atoms with van der Waals surface area (Å²) in [5, 5.41) is 35.2. The van der Waals surface area contributed by atoms with E-state index in [1.807, 2.05) is 39.8 Å². The first-order chi connectivity index (χ1) is 21.1. The molecule has 0 aliphatic carbocycles. The van der Waals surface area contributed by atoms with E-state index in [0.29, 0.717) is 88.8 Å². The molecular formula is C34H44N2O8. The van der Waals surface area contributed by atoms with Crippen molar-refractivity contribution in [2.75, 3.05) is 59.7 Å². The van der Waals surface area contributed by atoms with Crippen molar-refractivity contribution in [1.82, 2.24) is 9.80 Å². The lowest BCUT2D eigenvalue weighted by molar-refractivity contribution is 0.0338. The SMILES string of the molecule is COc1c(O)c(CN2CCOCC2)c2oc3c(CN4CCOCC4)c(O)c(CC=C(C)C)c(O)c3c(=O)c2c1CC=C(C)C. The highest BCUT2D eigenvalue weighted by Gasteiger charge is 2.30. The van der Waals surface area contributed by atoms with Gasteiger partial charge in [0.2, 0.25) is 5.43 Å². The Morgan fingerprint density at radius 2 is 1.18 bits per heavy atom. The van der Waals surface area contributed by atoms with Gasteiger partial charge in [-0.1, -0.05) is 23.3 Å². The van der Waals surface area contributed by atoms with Gasteiger partial charge in [-0.05, 0) is 40.5 Å². The minimum atomic E-state index is -0.431. The number of benzene rings is 2. The number of allylic oxidation sites excluding steroid dienone is 4. The average Bonchev–Trinajstić information content (AvgIpc) is 3.00. The van der Waals surface area contributed by atoms with Crippen molar-refractivity contribution in [3.8, 4) is 23.0 Å². The summed E-state index contributed by atoms with van der Waals surface area (Å²) < 4.78 is 23.5. The van der Waals surface area contributed by atoms with Crippen LogP contribution in [0.3, 0.4) is 0 Å². The van der Waals surface area contributed by atoms with Gasteiger partial charge >= 0.3 is 0 Å². The lowest BCUT2D eigenvalue weighted by atomic mass is 9.94. The van der Waals surface area contributed by atoms with Gasteiger partial charge < -0.3 is 33.9 Å². The molecule has 0 spiro atoms. The Kier molecular flexibility index (Phi) is 9.84. The third-order valence-electron chi connectivity index (χ3n) is 8.44. The summed E-state index contributed by atoms with van der Waals surface area (Å²) in [6, 6.07) is 0. The number of rotatable bonds is 9. The third-order valence-corrected chi connectivity index (χ3v) is 8.44. The first kappa shape index (κ1) is 31.8. The van der Waals surface area contributed by atoms with E-state index in [4.69, 9.17) is 18.6 Å². The molecule has 0 saturated carbocycles. The third kappa shape index (κ3) is 6.30. The molecule has 2 saturated heterocycles.